The van der Waals surface area contributed by atoms with E-state index in [1.54, 1.807) is 6.07 Å². The highest BCUT2D eigenvalue weighted by molar-refractivity contribution is 9.10. The Morgan fingerprint density at radius 1 is 1.64 bits per heavy atom. The van der Waals surface area contributed by atoms with Crippen molar-refractivity contribution in [2.24, 2.45) is 0 Å². The van der Waals surface area contributed by atoms with Crippen LogP contribution in [0.25, 0.3) is 0 Å². The molecule has 0 fully saturated rings. The minimum atomic E-state index is -3.41. The van der Waals surface area contributed by atoms with E-state index in [-0.39, 0.29) is 6.61 Å². The molecule has 0 radical (unpaired) electrons. The summed E-state index contributed by atoms with van der Waals surface area (Å²) in [6.07, 6.45) is 2.43. The SMILES string of the molecule is CS(=O)(=O)OCC#Cc1coc(Br)c1. The summed E-state index contributed by atoms with van der Waals surface area (Å²) in [7, 11) is -3.41. The second-order valence-corrected chi connectivity index (χ2v) is 4.83. The van der Waals surface area contributed by atoms with Crippen LogP contribution in [-0.4, -0.2) is 21.3 Å². The van der Waals surface area contributed by atoms with Crippen LogP contribution in [-0.2, 0) is 14.3 Å². The zero-order chi connectivity index (χ0) is 10.6. The Morgan fingerprint density at radius 3 is 2.86 bits per heavy atom. The molecular formula is C8H7BrO4S. The van der Waals surface area contributed by atoms with Crippen LogP contribution in [0.15, 0.2) is 21.4 Å². The largest absolute Gasteiger partial charge is 0.456 e. The molecule has 1 heterocycles. The second-order valence-electron chi connectivity index (χ2n) is 2.41. The Balaban J connectivity index is 2.50. The van der Waals surface area contributed by atoms with E-state index in [0.717, 1.165) is 6.26 Å². The van der Waals surface area contributed by atoms with Gasteiger partial charge in [0.2, 0.25) is 0 Å². The summed E-state index contributed by atoms with van der Waals surface area (Å²) in [5, 5.41) is 0. The highest BCUT2D eigenvalue weighted by Crippen LogP contribution is 2.12. The summed E-state index contributed by atoms with van der Waals surface area (Å²) in [6, 6.07) is 1.67. The molecule has 0 unspecified atom stereocenters. The molecule has 0 aliphatic heterocycles. The van der Waals surface area contributed by atoms with Crippen molar-refractivity contribution >= 4 is 26.0 Å². The lowest BCUT2D eigenvalue weighted by molar-refractivity contribution is 0.368. The van der Waals surface area contributed by atoms with Crippen molar-refractivity contribution in [3.8, 4) is 11.8 Å². The molecule has 1 rings (SSSR count). The summed E-state index contributed by atoms with van der Waals surface area (Å²) in [5.74, 6) is 5.21. The molecule has 4 nitrogen and oxygen atoms in total. The molecule has 6 heteroatoms. The van der Waals surface area contributed by atoms with Gasteiger partial charge in [-0.2, -0.15) is 8.42 Å². The van der Waals surface area contributed by atoms with Gasteiger partial charge in [-0.05, 0) is 15.9 Å². The average molecular weight is 279 g/mol. The van der Waals surface area contributed by atoms with E-state index >= 15 is 0 Å². The van der Waals surface area contributed by atoms with Gasteiger partial charge in [0.1, 0.15) is 12.9 Å². The summed E-state index contributed by atoms with van der Waals surface area (Å²) < 4.78 is 31.0. The Hall–Kier alpha value is -0.770. The highest BCUT2D eigenvalue weighted by Gasteiger charge is 1.98. The monoisotopic (exact) mass is 278 g/mol. The predicted octanol–water partition coefficient (Wildman–Crippen LogP) is 1.37. The molecule has 0 amide bonds. The van der Waals surface area contributed by atoms with Gasteiger partial charge in [0, 0.05) is 6.07 Å². The summed E-state index contributed by atoms with van der Waals surface area (Å²) in [5.41, 5.74) is 0.661. The minimum Gasteiger partial charge on any atom is -0.456 e. The van der Waals surface area contributed by atoms with Crippen molar-refractivity contribution in [3.05, 3.63) is 22.6 Å². The summed E-state index contributed by atoms with van der Waals surface area (Å²) in [6.45, 7) is -0.151. The van der Waals surface area contributed by atoms with Crippen molar-refractivity contribution < 1.29 is 17.0 Å². The topological polar surface area (TPSA) is 56.5 Å². The lowest BCUT2D eigenvalue weighted by Gasteiger charge is -1.91. The first-order valence-electron chi connectivity index (χ1n) is 3.55. The van der Waals surface area contributed by atoms with Crippen LogP contribution in [0.2, 0.25) is 0 Å². The van der Waals surface area contributed by atoms with Gasteiger partial charge in [-0.3, -0.25) is 4.18 Å². The summed E-state index contributed by atoms with van der Waals surface area (Å²) >= 11 is 3.11. The first-order valence-corrected chi connectivity index (χ1v) is 6.15. The molecule has 0 saturated carbocycles. The van der Waals surface area contributed by atoms with Crippen LogP contribution in [0.5, 0.6) is 0 Å². The van der Waals surface area contributed by atoms with Gasteiger partial charge < -0.3 is 4.42 Å². The third kappa shape index (κ3) is 4.46. The van der Waals surface area contributed by atoms with E-state index in [1.165, 1.54) is 6.26 Å². The number of hydrogen-bond acceptors (Lipinski definition) is 4. The third-order valence-corrected chi connectivity index (χ3v) is 2.11. The molecule has 0 atom stereocenters. The van der Waals surface area contributed by atoms with E-state index < -0.39 is 10.1 Å². The zero-order valence-electron chi connectivity index (χ0n) is 7.28. The van der Waals surface area contributed by atoms with Crippen molar-refractivity contribution in [3.63, 3.8) is 0 Å². The van der Waals surface area contributed by atoms with Crippen molar-refractivity contribution in [1.29, 1.82) is 0 Å². The molecule has 0 N–H and O–H groups in total. The molecule has 1 aromatic heterocycles. The van der Waals surface area contributed by atoms with Gasteiger partial charge >= 0.3 is 0 Å². The fourth-order valence-electron chi connectivity index (χ4n) is 0.650. The van der Waals surface area contributed by atoms with Crippen LogP contribution < -0.4 is 0 Å². The quantitative estimate of drug-likeness (QED) is 0.606. The molecule has 0 aromatic carbocycles. The van der Waals surface area contributed by atoms with Crippen molar-refractivity contribution in [2.45, 2.75) is 0 Å². The van der Waals surface area contributed by atoms with Gasteiger partial charge in [0.05, 0.1) is 11.8 Å². The van der Waals surface area contributed by atoms with Crippen LogP contribution >= 0.6 is 15.9 Å². The van der Waals surface area contributed by atoms with Crippen molar-refractivity contribution in [2.75, 3.05) is 12.9 Å². The Morgan fingerprint density at radius 2 is 2.36 bits per heavy atom. The smallest absolute Gasteiger partial charge is 0.265 e. The average Bonchev–Trinajstić information content (AvgIpc) is 2.44. The number of rotatable bonds is 2. The maximum atomic E-state index is 10.5. The molecular weight excluding hydrogens is 272 g/mol. The molecule has 0 aliphatic rings. The second kappa shape index (κ2) is 4.64. The number of furan rings is 1. The van der Waals surface area contributed by atoms with E-state index in [4.69, 9.17) is 4.42 Å². The number of halogens is 1. The Bertz CT molecular complexity index is 463. The Labute approximate surface area is 90.5 Å². The van der Waals surface area contributed by atoms with E-state index in [9.17, 15) is 8.42 Å². The molecule has 1 aromatic rings. The molecule has 0 aliphatic carbocycles. The zero-order valence-corrected chi connectivity index (χ0v) is 9.68. The van der Waals surface area contributed by atoms with Crippen molar-refractivity contribution in [1.82, 2.24) is 0 Å². The fourth-order valence-corrected chi connectivity index (χ4v) is 1.26. The van der Waals surface area contributed by atoms with Crippen LogP contribution in [0.1, 0.15) is 5.56 Å². The molecule has 0 saturated heterocycles. The molecule has 0 spiro atoms. The maximum absolute atomic E-state index is 10.5. The van der Waals surface area contributed by atoms with Gasteiger partial charge in [-0.15, -0.1) is 0 Å². The minimum absolute atomic E-state index is 0.151. The van der Waals surface area contributed by atoms with Crippen LogP contribution in [0, 0.1) is 11.8 Å². The van der Waals surface area contributed by atoms with E-state index in [0.29, 0.717) is 10.2 Å². The Kier molecular flexibility index (Phi) is 3.75. The third-order valence-electron chi connectivity index (χ3n) is 1.15. The van der Waals surface area contributed by atoms with Crippen LogP contribution in [0.3, 0.4) is 0 Å². The first kappa shape index (κ1) is 11.3. The van der Waals surface area contributed by atoms with Gasteiger partial charge in [0.25, 0.3) is 10.1 Å². The summed E-state index contributed by atoms with van der Waals surface area (Å²) in [4.78, 5) is 0. The number of hydrogen-bond donors (Lipinski definition) is 0. The van der Waals surface area contributed by atoms with E-state index in [2.05, 4.69) is 32.0 Å². The highest BCUT2D eigenvalue weighted by atomic mass is 79.9. The fraction of sp³-hybridized carbons (Fsp3) is 0.250. The first-order chi connectivity index (χ1) is 6.47. The van der Waals surface area contributed by atoms with E-state index in [1.807, 2.05) is 0 Å². The molecule has 76 valence electrons. The maximum Gasteiger partial charge on any atom is 0.265 e. The van der Waals surface area contributed by atoms with Gasteiger partial charge in [-0.1, -0.05) is 11.8 Å². The molecule has 0 bridgehead atoms. The van der Waals surface area contributed by atoms with Gasteiger partial charge in [0.15, 0.2) is 4.67 Å². The normalized spacial score (nSPS) is 10.7. The lowest BCUT2D eigenvalue weighted by Crippen LogP contribution is -2.02. The van der Waals surface area contributed by atoms with Crippen LogP contribution in [0.4, 0.5) is 0 Å². The lowest BCUT2D eigenvalue weighted by atomic mass is 10.3. The van der Waals surface area contributed by atoms with Gasteiger partial charge in [-0.25, -0.2) is 0 Å². The predicted molar refractivity (Wildman–Crippen MR) is 54.1 cm³/mol. The molecule has 14 heavy (non-hydrogen) atoms. The standard InChI is InChI=1S/C8H7BrO4S/c1-14(10,11)13-4-2-3-7-5-8(9)12-6-7/h5-6H,4H2,1H3.